The van der Waals surface area contributed by atoms with Gasteiger partial charge in [-0.3, -0.25) is 0 Å². The maximum atomic E-state index is 11.2. The van der Waals surface area contributed by atoms with Crippen molar-refractivity contribution in [1.29, 1.82) is 0 Å². The van der Waals surface area contributed by atoms with E-state index in [9.17, 15) is 4.79 Å². The van der Waals surface area contributed by atoms with Crippen LogP contribution < -0.4 is 0 Å². The summed E-state index contributed by atoms with van der Waals surface area (Å²) in [5, 5.41) is 1.48. The average molecular weight is 324 g/mol. The second kappa shape index (κ2) is 9.21. The lowest BCUT2D eigenvalue weighted by Crippen LogP contribution is -2.02. The molecule has 0 amide bonds. The highest BCUT2D eigenvalue weighted by Crippen LogP contribution is 2.01. The van der Waals surface area contributed by atoms with Crippen LogP contribution in [0.15, 0.2) is 36.0 Å². The molecule has 0 rings (SSSR count). The minimum absolute atomic E-state index is 0.332. The molecule has 14 heavy (non-hydrogen) atoms. The molecule has 0 saturated heterocycles. The highest BCUT2D eigenvalue weighted by atomic mass is 79.9. The highest BCUT2D eigenvalue weighted by Gasteiger charge is 2.03. The van der Waals surface area contributed by atoms with Gasteiger partial charge in [0.15, 0.2) is 0 Å². The zero-order chi connectivity index (χ0) is 10.8. The normalized spacial score (nSPS) is 12.6. The third-order valence-corrected chi connectivity index (χ3v) is 2.06. The fraction of sp³-hybridized carbons (Fsp3) is 0.300. The number of carbonyl (C=O) groups is 1. The summed E-state index contributed by atoms with van der Waals surface area (Å²) in [6, 6.07) is 0. The largest absolute Gasteiger partial charge is 0.465 e. The van der Waals surface area contributed by atoms with E-state index in [0.717, 1.165) is 5.33 Å². The third-order valence-electron chi connectivity index (χ3n) is 1.31. The summed E-state index contributed by atoms with van der Waals surface area (Å²) in [6.45, 7) is 0. The molecule has 0 radical (unpaired) electrons. The van der Waals surface area contributed by atoms with Crippen molar-refractivity contribution in [3.63, 3.8) is 0 Å². The van der Waals surface area contributed by atoms with Crippen LogP contribution in [-0.2, 0) is 9.53 Å². The van der Waals surface area contributed by atoms with Gasteiger partial charge in [0.05, 0.1) is 12.7 Å². The van der Waals surface area contributed by atoms with Gasteiger partial charge in [0, 0.05) is 10.7 Å². The van der Waals surface area contributed by atoms with Gasteiger partial charge in [-0.15, -0.1) is 0 Å². The van der Waals surface area contributed by atoms with Crippen LogP contribution in [0.5, 0.6) is 0 Å². The molecule has 0 unspecified atom stereocenters. The molecule has 0 aliphatic heterocycles. The lowest BCUT2D eigenvalue weighted by molar-refractivity contribution is -0.135. The SMILES string of the molecule is COC(=O)C(/C=C/CBr)=C/C=C/CBr. The summed E-state index contributed by atoms with van der Waals surface area (Å²) >= 11 is 6.49. The maximum absolute atomic E-state index is 11.2. The van der Waals surface area contributed by atoms with E-state index in [1.807, 2.05) is 12.2 Å². The number of esters is 1. The van der Waals surface area contributed by atoms with Crippen LogP contribution in [0.1, 0.15) is 0 Å². The molecule has 0 N–H and O–H groups in total. The quantitative estimate of drug-likeness (QED) is 0.336. The molecule has 0 aromatic rings. The van der Waals surface area contributed by atoms with Gasteiger partial charge >= 0.3 is 5.97 Å². The fourth-order valence-corrected chi connectivity index (χ4v) is 1.11. The van der Waals surface area contributed by atoms with Crippen LogP contribution in [-0.4, -0.2) is 23.7 Å². The number of allylic oxidation sites excluding steroid dienone is 4. The van der Waals surface area contributed by atoms with Gasteiger partial charge in [0.2, 0.25) is 0 Å². The van der Waals surface area contributed by atoms with Crippen molar-refractivity contribution in [2.24, 2.45) is 0 Å². The van der Waals surface area contributed by atoms with Crippen molar-refractivity contribution in [2.75, 3.05) is 17.8 Å². The second-order valence-corrected chi connectivity index (χ2v) is 3.55. The molecule has 78 valence electrons. The first kappa shape index (κ1) is 13.7. The molecule has 2 nitrogen and oxygen atoms in total. The van der Waals surface area contributed by atoms with E-state index in [1.165, 1.54) is 7.11 Å². The van der Waals surface area contributed by atoms with Crippen molar-refractivity contribution in [3.05, 3.63) is 36.0 Å². The molecule has 4 heteroatoms. The van der Waals surface area contributed by atoms with Gasteiger partial charge in [-0.2, -0.15) is 0 Å². The first-order valence-electron chi connectivity index (χ1n) is 3.99. The van der Waals surface area contributed by atoms with E-state index in [4.69, 9.17) is 0 Å². The Labute approximate surface area is 101 Å². The number of alkyl halides is 2. The smallest absolute Gasteiger partial charge is 0.337 e. The second-order valence-electron chi connectivity index (χ2n) is 2.25. The van der Waals surface area contributed by atoms with Crippen molar-refractivity contribution in [3.8, 4) is 0 Å². The minimum atomic E-state index is -0.332. The van der Waals surface area contributed by atoms with E-state index in [-0.39, 0.29) is 5.97 Å². The molecule has 0 atom stereocenters. The highest BCUT2D eigenvalue weighted by molar-refractivity contribution is 9.09. The Morgan fingerprint density at radius 3 is 2.43 bits per heavy atom. The predicted molar refractivity (Wildman–Crippen MR) is 66.0 cm³/mol. The Hall–Kier alpha value is -0.350. The maximum Gasteiger partial charge on any atom is 0.337 e. The van der Waals surface area contributed by atoms with E-state index in [0.29, 0.717) is 10.9 Å². The van der Waals surface area contributed by atoms with Crippen molar-refractivity contribution < 1.29 is 9.53 Å². The van der Waals surface area contributed by atoms with Gasteiger partial charge < -0.3 is 4.74 Å². The third kappa shape index (κ3) is 6.16. The molecule has 0 saturated carbocycles. The number of hydrogen-bond acceptors (Lipinski definition) is 2. The number of ether oxygens (including phenoxy) is 1. The van der Waals surface area contributed by atoms with Crippen LogP contribution >= 0.6 is 31.9 Å². The Kier molecular flexibility index (Phi) is 8.98. The summed E-state index contributed by atoms with van der Waals surface area (Å²) in [7, 11) is 1.37. The lowest BCUT2D eigenvalue weighted by atomic mass is 10.2. The molecular formula is C10H12Br2O2. The van der Waals surface area contributed by atoms with Crippen LogP contribution in [0.25, 0.3) is 0 Å². The molecular weight excluding hydrogens is 312 g/mol. The monoisotopic (exact) mass is 322 g/mol. The minimum Gasteiger partial charge on any atom is -0.465 e. The molecule has 0 spiro atoms. The van der Waals surface area contributed by atoms with E-state index >= 15 is 0 Å². The van der Waals surface area contributed by atoms with Gasteiger partial charge in [0.1, 0.15) is 0 Å². The van der Waals surface area contributed by atoms with Crippen molar-refractivity contribution in [2.45, 2.75) is 0 Å². The summed E-state index contributed by atoms with van der Waals surface area (Å²) in [5.41, 5.74) is 0.532. The summed E-state index contributed by atoms with van der Waals surface area (Å²) in [6.07, 6.45) is 8.97. The predicted octanol–water partition coefficient (Wildman–Crippen LogP) is 2.99. The number of methoxy groups -OCH3 is 1. The lowest BCUT2D eigenvalue weighted by Gasteiger charge is -1.97. The average Bonchev–Trinajstić information content (AvgIpc) is 2.22. The number of carbonyl (C=O) groups excluding carboxylic acids is 1. The Bertz CT molecular complexity index is 255. The number of halogens is 2. The van der Waals surface area contributed by atoms with E-state index in [2.05, 4.69) is 36.6 Å². The van der Waals surface area contributed by atoms with Crippen molar-refractivity contribution in [1.82, 2.24) is 0 Å². The summed E-state index contributed by atoms with van der Waals surface area (Å²) < 4.78 is 4.62. The summed E-state index contributed by atoms with van der Waals surface area (Å²) in [4.78, 5) is 11.2. The molecule has 0 aromatic carbocycles. The van der Waals surface area contributed by atoms with Crippen LogP contribution in [0.4, 0.5) is 0 Å². The Morgan fingerprint density at radius 2 is 1.93 bits per heavy atom. The molecule has 0 aromatic heterocycles. The van der Waals surface area contributed by atoms with Crippen LogP contribution in [0.2, 0.25) is 0 Å². The van der Waals surface area contributed by atoms with Gasteiger partial charge in [-0.05, 0) is 6.08 Å². The zero-order valence-corrected chi connectivity index (χ0v) is 11.0. The molecule has 0 aliphatic carbocycles. The molecule has 0 aliphatic rings. The topological polar surface area (TPSA) is 26.3 Å². The number of rotatable bonds is 5. The Balaban J connectivity index is 4.54. The van der Waals surface area contributed by atoms with Gasteiger partial charge in [0.25, 0.3) is 0 Å². The van der Waals surface area contributed by atoms with Gasteiger partial charge in [-0.1, -0.05) is 56.2 Å². The molecule has 0 fully saturated rings. The first-order chi connectivity index (χ1) is 6.76. The van der Waals surface area contributed by atoms with E-state index in [1.54, 1.807) is 18.2 Å². The zero-order valence-electron chi connectivity index (χ0n) is 7.87. The van der Waals surface area contributed by atoms with Crippen LogP contribution in [0, 0.1) is 0 Å². The Morgan fingerprint density at radius 1 is 1.29 bits per heavy atom. The molecule has 0 heterocycles. The van der Waals surface area contributed by atoms with Gasteiger partial charge in [-0.25, -0.2) is 4.79 Å². The fourth-order valence-electron chi connectivity index (χ4n) is 0.704. The van der Waals surface area contributed by atoms with Crippen LogP contribution in [0.3, 0.4) is 0 Å². The molecule has 0 bridgehead atoms. The summed E-state index contributed by atoms with van der Waals surface area (Å²) in [5.74, 6) is -0.332. The first-order valence-corrected chi connectivity index (χ1v) is 6.24. The standard InChI is InChI=1S/C10H12Br2O2/c1-14-10(13)9(6-4-8-12)5-2-3-7-11/h2-6H,7-8H2,1H3/b3-2+,6-4+,9-5+. The van der Waals surface area contributed by atoms with E-state index < -0.39 is 0 Å². The van der Waals surface area contributed by atoms with Crippen molar-refractivity contribution >= 4 is 37.8 Å². The number of hydrogen-bond donors (Lipinski definition) is 0.